The summed E-state index contributed by atoms with van der Waals surface area (Å²) < 4.78 is 10.9. The fraction of sp³-hybridized carbons (Fsp3) is 0.429. The van der Waals surface area contributed by atoms with Crippen LogP contribution < -0.4 is 14.8 Å². The van der Waals surface area contributed by atoms with Crippen molar-refractivity contribution in [1.29, 1.82) is 0 Å². The van der Waals surface area contributed by atoms with Crippen molar-refractivity contribution in [3.05, 3.63) is 22.2 Å². The van der Waals surface area contributed by atoms with Crippen LogP contribution in [0.1, 0.15) is 16.8 Å². The lowest BCUT2D eigenvalue weighted by atomic mass is 10.1. The third-order valence-corrected chi connectivity index (χ3v) is 4.17. The molecule has 120 valence electrons. The average Bonchev–Trinajstić information content (AvgIpc) is 2.95. The van der Waals surface area contributed by atoms with E-state index in [0.29, 0.717) is 41.0 Å². The quantitative estimate of drug-likeness (QED) is 0.843. The van der Waals surface area contributed by atoms with Crippen LogP contribution >= 0.6 is 15.9 Å². The normalized spacial score (nSPS) is 17.2. The summed E-state index contributed by atoms with van der Waals surface area (Å²) in [7, 11) is 3.01. The molecule has 0 saturated carbocycles. The maximum Gasteiger partial charge on any atom is 0.407 e. The van der Waals surface area contributed by atoms with Gasteiger partial charge in [-0.2, -0.15) is 0 Å². The number of carboxylic acid groups (broad SMARTS) is 1. The number of rotatable bonds is 4. The van der Waals surface area contributed by atoms with Gasteiger partial charge in [0.15, 0.2) is 11.5 Å². The van der Waals surface area contributed by atoms with Gasteiger partial charge >= 0.3 is 6.09 Å². The van der Waals surface area contributed by atoms with Crippen LogP contribution in [0.3, 0.4) is 0 Å². The van der Waals surface area contributed by atoms with Gasteiger partial charge in [0.1, 0.15) is 0 Å². The molecule has 1 atom stereocenters. The second-order valence-corrected chi connectivity index (χ2v) is 5.73. The van der Waals surface area contributed by atoms with Crippen molar-refractivity contribution in [2.45, 2.75) is 12.5 Å². The van der Waals surface area contributed by atoms with Crippen LogP contribution in [0.25, 0.3) is 0 Å². The summed E-state index contributed by atoms with van der Waals surface area (Å²) in [6, 6.07) is 3.05. The highest BCUT2D eigenvalue weighted by Gasteiger charge is 2.28. The Balaban J connectivity index is 2.11. The van der Waals surface area contributed by atoms with E-state index in [4.69, 9.17) is 14.6 Å². The summed E-state index contributed by atoms with van der Waals surface area (Å²) in [5, 5.41) is 11.8. The lowest BCUT2D eigenvalue weighted by Gasteiger charge is -2.16. The monoisotopic (exact) mass is 372 g/mol. The molecule has 0 spiro atoms. The zero-order chi connectivity index (χ0) is 16.3. The van der Waals surface area contributed by atoms with Crippen molar-refractivity contribution >= 4 is 27.9 Å². The van der Waals surface area contributed by atoms with E-state index in [1.54, 1.807) is 12.1 Å². The standard InChI is InChI=1S/C14H17BrN2O5/c1-21-11-5-9(10(15)6-12(11)22-2)13(18)16-8-3-4-17(7-8)14(19)20/h5-6,8H,3-4,7H2,1-2H3,(H,16,18)(H,19,20)/t8-/m1/s1. The summed E-state index contributed by atoms with van der Waals surface area (Å²) in [5.74, 6) is 0.684. The molecule has 0 radical (unpaired) electrons. The first kappa shape index (κ1) is 16.4. The molecule has 0 bridgehead atoms. The third kappa shape index (κ3) is 3.44. The number of carbonyl (C=O) groups is 2. The summed E-state index contributed by atoms with van der Waals surface area (Å²) in [4.78, 5) is 24.5. The Morgan fingerprint density at radius 1 is 1.32 bits per heavy atom. The predicted octanol–water partition coefficient (Wildman–Crippen LogP) is 1.95. The molecule has 1 fully saturated rings. The molecule has 1 aromatic rings. The largest absolute Gasteiger partial charge is 0.493 e. The molecular formula is C14H17BrN2O5. The molecule has 0 aliphatic carbocycles. The molecule has 0 unspecified atom stereocenters. The predicted molar refractivity (Wildman–Crippen MR) is 82.7 cm³/mol. The Morgan fingerprint density at radius 3 is 2.50 bits per heavy atom. The highest BCUT2D eigenvalue weighted by Crippen LogP contribution is 2.33. The number of ether oxygens (including phenoxy) is 2. The summed E-state index contributed by atoms with van der Waals surface area (Å²) in [6.07, 6.45) is -0.368. The van der Waals surface area contributed by atoms with Crippen LogP contribution in [0.4, 0.5) is 4.79 Å². The van der Waals surface area contributed by atoms with E-state index in [1.807, 2.05) is 0 Å². The van der Waals surface area contributed by atoms with Gasteiger partial charge < -0.3 is 24.8 Å². The Kier molecular flexibility index (Phi) is 5.12. The number of nitrogens with zero attached hydrogens (tertiary/aromatic N) is 1. The van der Waals surface area contributed by atoms with E-state index >= 15 is 0 Å². The lowest BCUT2D eigenvalue weighted by Crippen LogP contribution is -2.38. The molecule has 1 aliphatic heterocycles. The number of carbonyl (C=O) groups excluding carboxylic acids is 1. The zero-order valence-electron chi connectivity index (χ0n) is 12.3. The molecule has 2 rings (SSSR count). The molecule has 0 aromatic heterocycles. The maximum absolute atomic E-state index is 12.4. The Bertz CT molecular complexity index is 593. The van der Waals surface area contributed by atoms with Gasteiger partial charge in [-0.25, -0.2) is 4.79 Å². The molecule has 8 heteroatoms. The van der Waals surface area contributed by atoms with Crippen LogP contribution in [0, 0.1) is 0 Å². The fourth-order valence-electron chi connectivity index (χ4n) is 2.34. The van der Waals surface area contributed by atoms with Crippen molar-refractivity contribution < 1.29 is 24.2 Å². The Labute approximate surface area is 136 Å². The minimum atomic E-state index is -0.968. The van der Waals surface area contributed by atoms with Gasteiger partial charge in [-0.15, -0.1) is 0 Å². The van der Waals surface area contributed by atoms with Crippen LogP contribution in [0.2, 0.25) is 0 Å². The number of halogens is 1. The Morgan fingerprint density at radius 2 is 1.95 bits per heavy atom. The Hall–Kier alpha value is -1.96. The van der Waals surface area contributed by atoms with Gasteiger partial charge in [0, 0.05) is 23.6 Å². The summed E-state index contributed by atoms with van der Waals surface area (Å²) in [5.41, 5.74) is 0.409. The van der Waals surface area contributed by atoms with Gasteiger partial charge in [0.25, 0.3) is 5.91 Å². The van der Waals surface area contributed by atoms with Crippen molar-refractivity contribution in [3.63, 3.8) is 0 Å². The number of likely N-dealkylation sites (tertiary alicyclic amines) is 1. The second kappa shape index (κ2) is 6.87. The first-order chi connectivity index (χ1) is 10.5. The zero-order valence-corrected chi connectivity index (χ0v) is 13.8. The van der Waals surface area contributed by atoms with E-state index < -0.39 is 6.09 Å². The van der Waals surface area contributed by atoms with Gasteiger partial charge in [-0.3, -0.25) is 4.79 Å². The van der Waals surface area contributed by atoms with Gasteiger partial charge in [0.2, 0.25) is 0 Å². The van der Waals surface area contributed by atoms with E-state index in [-0.39, 0.29) is 11.9 Å². The van der Waals surface area contributed by atoms with Crippen LogP contribution in [0.15, 0.2) is 16.6 Å². The van der Waals surface area contributed by atoms with E-state index in [9.17, 15) is 9.59 Å². The van der Waals surface area contributed by atoms with Crippen LogP contribution in [-0.2, 0) is 0 Å². The molecule has 1 aliphatic rings. The SMILES string of the molecule is COc1cc(Br)c(C(=O)N[C@@H]2CCN(C(=O)O)C2)cc1OC. The molecule has 2 N–H and O–H groups in total. The molecule has 7 nitrogen and oxygen atoms in total. The van der Waals surface area contributed by atoms with Gasteiger partial charge in [-0.1, -0.05) is 0 Å². The molecule has 2 amide bonds. The lowest BCUT2D eigenvalue weighted by molar-refractivity contribution is 0.0934. The second-order valence-electron chi connectivity index (χ2n) is 4.87. The van der Waals surface area contributed by atoms with Crippen LogP contribution in [-0.4, -0.2) is 55.4 Å². The topological polar surface area (TPSA) is 88.1 Å². The number of methoxy groups -OCH3 is 2. The molecule has 22 heavy (non-hydrogen) atoms. The highest BCUT2D eigenvalue weighted by atomic mass is 79.9. The van der Waals surface area contributed by atoms with E-state index in [1.165, 1.54) is 19.1 Å². The molecule has 1 saturated heterocycles. The number of amides is 2. The number of nitrogens with one attached hydrogen (secondary N) is 1. The van der Waals surface area contributed by atoms with Crippen molar-refractivity contribution in [2.24, 2.45) is 0 Å². The smallest absolute Gasteiger partial charge is 0.407 e. The van der Waals surface area contributed by atoms with Gasteiger partial charge in [-0.05, 0) is 34.5 Å². The summed E-state index contributed by atoms with van der Waals surface area (Å²) >= 11 is 3.34. The van der Waals surface area contributed by atoms with E-state index in [2.05, 4.69) is 21.2 Å². The van der Waals surface area contributed by atoms with Gasteiger partial charge in [0.05, 0.1) is 19.8 Å². The third-order valence-electron chi connectivity index (χ3n) is 3.51. The minimum Gasteiger partial charge on any atom is -0.493 e. The van der Waals surface area contributed by atoms with E-state index in [0.717, 1.165) is 0 Å². The number of hydrogen-bond acceptors (Lipinski definition) is 4. The highest BCUT2D eigenvalue weighted by molar-refractivity contribution is 9.10. The van der Waals surface area contributed by atoms with Crippen molar-refractivity contribution in [3.8, 4) is 11.5 Å². The average molecular weight is 373 g/mol. The molecular weight excluding hydrogens is 356 g/mol. The summed E-state index contributed by atoms with van der Waals surface area (Å²) in [6.45, 7) is 0.722. The van der Waals surface area contributed by atoms with Crippen molar-refractivity contribution in [2.75, 3.05) is 27.3 Å². The molecule has 1 aromatic carbocycles. The van der Waals surface area contributed by atoms with Crippen LogP contribution in [0.5, 0.6) is 11.5 Å². The fourth-order valence-corrected chi connectivity index (χ4v) is 2.85. The molecule has 1 heterocycles. The first-order valence-electron chi connectivity index (χ1n) is 6.66. The number of hydrogen-bond donors (Lipinski definition) is 2. The van der Waals surface area contributed by atoms with Crippen molar-refractivity contribution in [1.82, 2.24) is 10.2 Å². The minimum absolute atomic E-state index is 0.191. The maximum atomic E-state index is 12.4. The first-order valence-corrected chi connectivity index (χ1v) is 7.45. The number of benzene rings is 1.